The number of rotatable bonds is 6. The maximum atomic E-state index is 12.6. The van der Waals surface area contributed by atoms with Crippen molar-refractivity contribution >= 4 is 23.4 Å². The van der Waals surface area contributed by atoms with Crippen LogP contribution in [-0.2, 0) is 4.79 Å². The number of nitrogens with zero attached hydrogens (tertiary/aromatic N) is 4. The second-order valence-electron chi connectivity index (χ2n) is 6.06. The SMILES string of the molecule is COc1ccccc1NC(=O)[C@@H](C)Sc1nnnn1-c1c(C)cccc1C. The van der Waals surface area contributed by atoms with Gasteiger partial charge in [0.15, 0.2) is 0 Å². The molecule has 0 bridgehead atoms. The van der Waals surface area contributed by atoms with Crippen molar-refractivity contribution in [1.82, 2.24) is 20.2 Å². The molecule has 0 saturated carbocycles. The molecule has 1 N–H and O–H groups in total. The topological polar surface area (TPSA) is 81.9 Å². The Labute approximate surface area is 162 Å². The number of carbonyl (C=O) groups is 1. The molecule has 1 atom stereocenters. The highest BCUT2D eigenvalue weighted by Gasteiger charge is 2.21. The largest absolute Gasteiger partial charge is 0.495 e. The Balaban J connectivity index is 1.78. The van der Waals surface area contributed by atoms with E-state index in [1.807, 2.05) is 51.1 Å². The van der Waals surface area contributed by atoms with E-state index in [1.165, 1.54) is 11.8 Å². The van der Waals surface area contributed by atoms with Gasteiger partial charge >= 0.3 is 0 Å². The van der Waals surface area contributed by atoms with Crippen molar-refractivity contribution < 1.29 is 9.53 Å². The van der Waals surface area contributed by atoms with Gasteiger partial charge in [-0.05, 0) is 54.5 Å². The summed E-state index contributed by atoms with van der Waals surface area (Å²) in [5, 5.41) is 15.1. The lowest BCUT2D eigenvalue weighted by atomic mass is 10.1. The van der Waals surface area contributed by atoms with E-state index in [-0.39, 0.29) is 5.91 Å². The third kappa shape index (κ3) is 4.11. The second kappa shape index (κ2) is 8.22. The first-order chi connectivity index (χ1) is 13.0. The predicted octanol–water partition coefficient (Wildman–Crippen LogP) is 3.41. The number of benzene rings is 2. The molecular formula is C19H21N5O2S. The fourth-order valence-electron chi connectivity index (χ4n) is 2.73. The summed E-state index contributed by atoms with van der Waals surface area (Å²) in [4.78, 5) is 12.6. The molecule has 0 unspecified atom stereocenters. The first kappa shape index (κ1) is 18.9. The highest BCUT2D eigenvalue weighted by atomic mass is 32.2. The minimum Gasteiger partial charge on any atom is -0.495 e. The Kier molecular flexibility index (Phi) is 5.75. The van der Waals surface area contributed by atoms with Crippen molar-refractivity contribution in [1.29, 1.82) is 0 Å². The van der Waals surface area contributed by atoms with Crippen LogP contribution in [0.5, 0.6) is 5.75 Å². The molecule has 0 aliphatic carbocycles. The van der Waals surface area contributed by atoms with Crippen LogP contribution in [-0.4, -0.2) is 38.5 Å². The number of anilines is 1. The molecule has 7 nitrogen and oxygen atoms in total. The van der Waals surface area contributed by atoms with Gasteiger partial charge in [0.1, 0.15) is 5.75 Å². The number of aryl methyl sites for hydroxylation is 2. The number of tetrazole rings is 1. The van der Waals surface area contributed by atoms with E-state index in [9.17, 15) is 4.79 Å². The first-order valence-corrected chi connectivity index (χ1v) is 9.34. The number of nitrogens with one attached hydrogen (secondary N) is 1. The summed E-state index contributed by atoms with van der Waals surface area (Å²) in [6.07, 6.45) is 0. The van der Waals surface area contributed by atoms with Crippen molar-refractivity contribution in [2.45, 2.75) is 31.2 Å². The lowest BCUT2D eigenvalue weighted by Crippen LogP contribution is -2.23. The molecule has 140 valence electrons. The third-order valence-electron chi connectivity index (χ3n) is 4.11. The molecule has 3 aromatic rings. The van der Waals surface area contributed by atoms with Crippen LogP contribution in [0.4, 0.5) is 5.69 Å². The maximum Gasteiger partial charge on any atom is 0.237 e. The van der Waals surface area contributed by atoms with Gasteiger partial charge in [0.2, 0.25) is 11.1 Å². The van der Waals surface area contributed by atoms with Gasteiger partial charge in [-0.3, -0.25) is 4.79 Å². The lowest BCUT2D eigenvalue weighted by molar-refractivity contribution is -0.115. The summed E-state index contributed by atoms with van der Waals surface area (Å²) in [6, 6.07) is 13.3. The standard InChI is InChI=1S/C19H21N5O2S/c1-12-8-7-9-13(2)17(12)24-19(21-22-23-24)27-14(3)18(25)20-15-10-5-6-11-16(15)26-4/h5-11,14H,1-4H3,(H,20,25)/t14-/m1/s1. The Morgan fingerprint density at radius 2 is 1.85 bits per heavy atom. The average molecular weight is 383 g/mol. The van der Waals surface area contributed by atoms with Gasteiger partial charge in [-0.25, -0.2) is 0 Å². The number of carbonyl (C=O) groups excluding carboxylic acids is 1. The van der Waals surface area contributed by atoms with E-state index in [1.54, 1.807) is 23.9 Å². The predicted molar refractivity (Wildman–Crippen MR) is 106 cm³/mol. The molecule has 0 saturated heterocycles. The van der Waals surface area contributed by atoms with E-state index in [0.717, 1.165) is 16.8 Å². The van der Waals surface area contributed by atoms with Crippen molar-refractivity contribution in [3.05, 3.63) is 53.6 Å². The van der Waals surface area contributed by atoms with Crippen molar-refractivity contribution in [3.8, 4) is 11.4 Å². The summed E-state index contributed by atoms with van der Waals surface area (Å²) in [5.74, 6) is 0.462. The summed E-state index contributed by atoms with van der Waals surface area (Å²) in [7, 11) is 1.57. The Morgan fingerprint density at radius 1 is 1.15 bits per heavy atom. The molecule has 0 aliphatic rings. The van der Waals surface area contributed by atoms with E-state index in [4.69, 9.17) is 4.74 Å². The van der Waals surface area contributed by atoms with Crippen molar-refractivity contribution in [2.24, 2.45) is 0 Å². The van der Waals surface area contributed by atoms with Crippen LogP contribution in [0.1, 0.15) is 18.1 Å². The molecule has 1 amide bonds. The average Bonchev–Trinajstić information content (AvgIpc) is 3.09. The Bertz CT molecular complexity index is 937. The quantitative estimate of drug-likeness (QED) is 0.657. The number of para-hydroxylation sites is 3. The number of methoxy groups -OCH3 is 1. The normalized spacial score (nSPS) is 11.9. The van der Waals surface area contributed by atoms with Gasteiger partial charge < -0.3 is 10.1 Å². The van der Waals surface area contributed by atoms with Crippen LogP contribution in [0, 0.1) is 13.8 Å². The van der Waals surface area contributed by atoms with Crippen LogP contribution in [0.15, 0.2) is 47.6 Å². The van der Waals surface area contributed by atoms with Gasteiger partial charge in [0.05, 0.1) is 23.7 Å². The molecule has 1 heterocycles. The third-order valence-corrected chi connectivity index (χ3v) is 5.14. The monoisotopic (exact) mass is 383 g/mol. The Morgan fingerprint density at radius 3 is 2.56 bits per heavy atom. The molecular weight excluding hydrogens is 362 g/mol. The number of amides is 1. The smallest absolute Gasteiger partial charge is 0.237 e. The zero-order chi connectivity index (χ0) is 19.4. The molecule has 0 aliphatic heterocycles. The second-order valence-corrected chi connectivity index (χ2v) is 7.37. The molecule has 1 aromatic heterocycles. The zero-order valence-electron chi connectivity index (χ0n) is 15.6. The van der Waals surface area contributed by atoms with Gasteiger partial charge in [0.25, 0.3) is 0 Å². The minimum absolute atomic E-state index is 0.152. The number of thioether (sulfide) groups is 1. The molecule has 0 spiro atoms. The van der Waals surface area contributed by atoms with Gasteiger partial charge in [-0.2, -0.15) is 4.68 Å². The van der Waals surface area contributed by atoms with E-state index < -0.39 is 5.25 Å². The van der Waals surface area contributed by atoms with Crippen molar-refractivity contribution in [3.63, 3.8) is 0 Å². The lowest BCUT2D eigenvalue weighted by Gasteiger charge is -2.15. The fourth-order valence-corrected chi connectivity index (χ4v) is 3.52. The zero-order valence-corrected chi connectivity index (χ0v) is 16.4. The molecule has 3 rings (SSSR count). The number of ether oxygens (including phenoxy) is 1. The number of hydrogen-bond donors (Lipinski definition) is 1. The summed E-state index contributed by atoms with van der Waals surface area (Å²) in [5.41, 5.74) is 3.69. The van der Waals surface area contributed by atoms with E-state index in [2.05, 4.69) is 20.8 Å². The summed E-state index contributed by atoms with van der Waals surface area (Å²) < 4.78 is 6.96. The van der Waals surface area contributed by atoms with Crippen LogP contribution >= 0.6 is 11.8 Å². The fraction of sp³-hybridized carbons (Fsp3) is 0.263. The van der Waals surface area contributed by atoms with Crippen LogP contribution in [0.25, 0.3) is 5.69 Å². The van der Waals surface area contributed by atoms with Crippen molar-refractivity contribution in [2.75, 3.05) is 12.4 Å². The molecule has 27 heavy (non-hydrogen) atoms. The molecule has 2 aromatic carbocycles. The van der Waals surface area contributed by atoms with Crippen LogP contribution < -0.4 is 10.1 Å². The molecule has 8 heteroatoms. The van der Waals surface area contributed by atoms with Gasteiger partial charge in [-0.15, -0.1) is 5.10 Å². The molecule has 0 radical (unpaired) electrons. The van der Waals surface area contributed by atoms with Crippen LogP contribution in [0.2, 0.25) is 0 Å². The highest BCUT2D eigenvalue weighted by molar-refractivity contribution is 8.00. The highest BCUT2D eigenvalue weighted by Crippen LogP contribution is 2.28. The van der Waals surface area contributed by atoms with Gasteiger partial charge in [0, 0.05) is 0 Å². The minimum atomic E-state index is -0.399. The maximum absolute atomic E-state index is 12.6. The van der Waals surface area contributed by atoms with E-state index in [0.29, 0.717) is 16.6 Å². The van der Waals surface area contributed by atoms with Gasteiger partial charge in [-0.1, -0.05) is 42.1 Å². The number of hydrogen-bond acceptors (Lipinski definition) is 6. The molecule has 0 fully saturated rings. The summed E-state index contributed by atoms with van der Waals surface area (Å²) >= 11 is 1.30. The Hall–Kier alpha value is -2.87. The van der Waals surface area contributed by atoms with Crippen LogP contribution in [0.3, 0.4) is 0 Å². The van der Waals surface area contributed by atoms with E-state index >= 15 is 0 Å². The summed E-state index contributed by atoms with van der Waals surface area (Å²) in [6.45, 7) is 5.84. The first-order valence-electron chi connectivity index (χ1n) is 8.46. The number of aromatic nitrogens is 4.